The fourth-order valence-corrected chi connectivity index (χ4v) is 1.83. The van der Waals surface area contributed by atoms with Gasteiger partial charge in [-0.25, -0.2) is 4.98 Å². The van der Waals surface area contributed by atoms with Gasteiger partial charge in [0, 0.05) is 18.8 Å². The Morgan fingerprint density at radius 1 is 1.53 bits per heavy atom. The van der Waals surface area contributed by atoms with E-state index in [0.29, 0.717) is 12.6 Å². The molecule has 17 heavy (non-hydrogen) atoms. The molecule has 0 saturated carbocycles. The van der Waals surface area contributed by atoms with E-state index >= 15 is 0 Å². The van der Waals surface area contributed by atoms with Crippen molar-refractivity contribution < 1.29 is 0 Å². The van der Waals surface area contributed by atoms with E-state index in [1.165, 1.54) is 5.69 Å². The molecule has 0 aliphatic carbocycles. The minimum Gasteiger partial charge on any atom is -0.331 e. The molecular weight excluding hydrogens is 212 g/mol. The van der Waals surface area contributed by atoms with Gasteiger partial charge in [-0.15, -0.1) is 0 Å². The predicted molar refractivity (Wildman–Crippen MR) is 71.8 cm³/mol. The molecule has 0 radical (unpaired) electrons. The number of allylic oxidation sites excluding steroid dienone is 1. The molecule has 0 saturated heterocycles. The fraction of sp³-hybridized carbons (Fsp3) is 0.615. The maximum atomic E-state index is 5.83. The third-order valence-corrected chi connectivity index (χ3v) is 2.78. The average Bonchev–Trinajstić information content (AvgIpc) is 2.78. The lowest BCUT2D eigenvalue weighted by Gasteiger charge is -2.20. The second-order valence-corrected chi connectivity index (χ2v) is 4.42. The first kappa shape index (κ1) is 13.9. The van der Waals surface area contributed by atoms with Crippen molar-refractivity contribution in [3.8, 4) is 0 Å². The molecule has 0 spiro atoms. The van der Waals surface area contributed by atoms with Gasteiger partial charge in [0.25, 0.3) is 0 Å². The van der Waals surface area contributed by atoms with Gasteiger partial charge in [-0.2, -0.15) is 0 Å². The Morgan fingerprint density at radius 2 is 2.29 bits per heavy atom. The van der Waals surface area contributed by atoms with Crippen LogP contribution in [0.1, 0.15) is 45.0 Å². The summed E-state index contributed by atoms with van der Waals surface area (Å²) < 4.78 is 2.17. The normalized spacial score (nSPS) is 13.7. The summed E-state index contributed by atoms with van der Waals surface area (Å²) in [7, 11) is 0. The lowest BCUT2D eigenvalue weighted by molar-refractivity contribution is 0.482. The Balaban J connectivity index is 2.62. The van der Waals surface area contributed by atoms with Gasteiger partial charge in [-0.1, -0.05) is 12.2 Å². The van der Waals surface area contributed by atoms with Crippen LogP contribution < -0.4 is 11.1 Å². The number of rotatable bonds is 7. The van der Waals surface area contributed by atoms with Crippen molar-refractivity contribution in [2.45, 2.75) is 39.3 Å². The molecular formula is C13H24N4. The topological polar surface area (TPSA) is 55.9 Å². The highest BCUT2D eigenvalue weighted by atomic mass is 15.1. The molecule has 1 unspecified atom stereocenters. The van der Waals surface area contributed by atoms with E-state index < -0.39 is 0 Å². The van der Waals surface area contributed by atoms with Crippen LogP contribution in [0, 0.1) is 0 Å². The Labute approximate surface area is 104 Å². The van der Waals surface area contributed by atoms with Crippen molar-refractivity contribution in [1.29, 1.82) is 0 Å². The van der Waals surface area contributed by atoms with E-state index in [9.17, 15) is 0 Å². The fourth-order valence-electron chi connectivity index (χ4n) is 1.83. The SMILES string of the molecule is C/C=C/CCNC(CN)c1cncn1C(C)C. The zero-order valence-electron chi connectivity index (χ0n) is 11.1. The number of imidazole rings is 1. The molecule has 0 aliphatic heterocycles. The molecule has 1 heterocycles. The highest BCUT2D eigenvalue weighted by Gasteiger charge is 2.14. The predicted octanol–water partition coefficient (Wildman–Crippen LogP) is 2.02. The van der Waals surface area contributed by atoms with E-state index in [0.717, 1.165) is 13.0 Å². The molecule has 0 amide bonds. The highest BCUT2D eigenvalue weighted by molar-refractivity contribution is 5.07. The lowest BCUT2D eigenvalue weighted by atomic mass is 10.2. The summed E-state index contributed by atoms with van der Waals surface area (Å²) >= 11 is 0. The quantitative estimate of drug-likeness (QED) is 0.562. The van der Waals surface area contributed by atoms with Gasteiger partial charge >= 0.3 is 0 Å². The largest absolute Gasteiger partial charge is 0.331 e. The summed E-state index contributed by atoms with van der Waals surface area (Å²) in [6.45, 7) is 7.87. The number of nitrogens with zero attached hydrogens (tertiary/aromatic N) is 2. The first-order chi connectivity index (χ1) is 8.20. The van der Waals surface area contributed by atoms with Crippen molar-refractivity contribution in [2.75, 3.05) is 13.1 Å². The summed E-state index contributed by atoms with van der Waals surface area (Å²) in [5.74, 6) is 0. The third-order valence-electron chi connectivity index (χ3n) is 2.78. The molecule has 1 aromatic heterocycles. The van der Waals surface area contributed by atoms with Crippen LogP contribution in [0.2, 0.25) is 0 Å². The molecule has 4 heteroatoms. The van der Waals surface area contributed by atoms with Crippen molar-refractivity contribution in [3.05, 3.63) is 30.4 Å². The third kappa shape index (κ3) is 3.98. The number of nitrogens with two attached hydrogens (primary N) is 1. The molecule has 1 rings (SSSR count). The Hall–Kier alpha value is -1.13. The molecule has 96 valence electrons. The van der Waals surface area contributed by atoms with E-state index in [-0.39, 0.29) is 6.04 Å². The highest BCUT2D eigenvalue weighted by Crippen LogP contribution is 2.16. The van der Waals surface area contributed by atoms with Crippen LogP contribution in [-0.2, 0) is 0 Å². The van der Waals surface area contributed by atoms with Gasteiger partial charge in [0.15, 0.2) is 0 Å². The second kappa shape index (κ2) is 7.25. The van der Waals surface area contributed by atoms with Crippen LogP contribution in [0.15, 0.2) is 24.7 Å². The van der Waals surface area contributed by atoms with Crippen LogP contribution in [0.3, 0.4) is 0 Å². The first-order valence-electron chi connectivity index (χ1n) is 6.27. The smallest absolute Gasteiger partial charge is 0.0951 e. The van der Waals surface area contributed by atoms with Crippen LogP contribution in [-0.4, -0.2) is 22.6 Å². The van der Waals surface area contributed by atoms with Gasteiger partial charge in [-0.3, -0.25) is 0 Å². The van der Waals surface area contributed by atoms with Gasteiger partial charge in [0.1, 0.15) is 0 Å². The first-order valence-corrected chi connectivity index (χ1v) is 6.27. The van der Waals surface area contributed by atoms with Gasteiger partial charge in [0.2, 0.25) is 0 Å². The van der Waals surface area contributed by atoms with Crippen molar-refractivity contribution in [1.82, 2.24) is 14.9 Å². The average molecular weight is 236 g/mol. The minimum absolute atomic E-state index is 0.185. The molecule has 4 nitrogen and oxygen atoms in total. The van der Waals surface area contributed by atoms with Crippen molar-refractivity contribution in [2.24, 2.45) is 5.73 Å². The van der Waals surface area contributed by atoms with Gasteiger partial charge in [0.05, 0.1) is 18.1 Å². The van der Waals surface area contributed by atoms with Crippen molar-refractivity contribution in [3.63, 3.8) is 0 Å². The minimum atomic E-state index is 0.185. The Bertz CT molecular complexity index is 341. The summed E-state index contributed by atoms with van der Waals surface area (Å²) in [5.41, 5.74) is 7.00. The summed E-state index contributed by atoms with van der Waals surface area (Å²) in [4.78, 5) is 4.21. The molecule has 0 fully saturated rings. The number of nitrogens with one attached hydrogen (secondary N) is 1. The maximum Gasteiger partial charge on any atom is 0.0951 e. The lowest BCUT2D eigenvalue weighted by Crippen LogP contribution is -2.30. The van der Waals surface area contributed by atoms with Crippen LogP contribution in [0.4, 0.5) is 0 Å². The van der Waals surface area contributed by atoms with E-state index in [1.54, 1.807) is 0 Å². The van der Waals surface area contributed by atoms with E-state index in [4.69, 9.17) is 5.73 Å². The standard InChI is InChI=1S/C13H24N4/c1-4-5-6-7-16-12(8-14)13-9-15-10-17(13)11(2)3/h4-5,9-12,16H,6-8,14H2,1-3H3/b5-4+. The molecule has 0 aliphatic rings. The van der Waals surface area contributed by atoms with Crippen LogP contribution >= 0.6 is 0 Å². The van der Waals surface area contributed by atoms with Crippen LogP contribution in [0.5, 0.6) is 0 Å². The van der Waals surface area contributed by atoms with E-state index in [2.05, 4.69) is 40.9 Å². The van der Waals surface area contributed by atoms with Gasteiger partial charge < -0.3 is 15.6 Å². The Kier molecular flexibility index (Phi) is 5.94. The summed E-state index contributed by atoms with van der Waals surface area (Å²) in [6.07, 6.45) is 9.02. The summed E-state index contributed by atoms with van der Waals surface area (Å²) in [5, 5.41) is 3.46. The number of hydrogen-bond acceptors (Lipinski definition) is 3. The molecule has 0 aromatic carbocycles. The van der Waals surface area contributed by atoms with Crippen LogP contribution in [0.25, 0.3) is 0 Å². The molecule has 3 N–H and O–H groups in total. The monoisotopic (exact) mass is 236 g/mol. The Morgan fingerprint density at radius 3 is 2.88 bits per heavy atom. The zero-order valence-corrected chi connectivity index (χ0v) is 11.1. The maximum absolute atomic E-state index is 5.83. The molecule has 1 aromatic rings. The van der Waals surface area contributed by atoms with Gasteiger partial charge in [-0.05, 0) is 33.7 Å². The number of aromatic nitrogens is 2. The van der Waals surface area contributed by atoms with Crippen molar-refractivity contribution >= 4 is 0 Å². The molecule has 0 bridgehead atoms. The van der Waals surface area contributed by atoms with E-state index in [1.807, 2.05) is 19.4 Å². The second-order valence-electron chi connectivity index (χ2n) is 4.42. The number of hydrogen-bond donors (Lipinski definition) is 2. The summed E-state index contributed by atoms with van der Waals surface area (Å²) in [6, 6.07) is 0.601. The zero-order chi connectivity index (χ0) is 12.7. The molecule has 1 atom stereocenters.